The Balaban J connectivity index is 2.00. The molecule has 0 spiro atoms. The van der Waals surface area contributed by atoms with Gasteiger partial charge in [-0.3, -0.25) is 4.57 Å². The minimum atomic E-state index is 0.453. The molecule has 0 saturated heterocycles. The van der Waals surface area contributed by atoms with Gasteiger partial charge in [0.2, 0.25) is 5.95 Å². The summed E-state index contributed by atoms with van der Waals surface area (Å²) in [4.78, 5) is 0. The van der Waals surface area contributed by atoms with Crippen molar-refractivity contribution in [1.29, 1.82) is 0 Å². The molecule has 0 radical (unpaired) electrons. The van der Waals surface area contributed by atoms with Crippen molar-refractivity contribution in [3.63, 3.8) is 0 Å². The predicted octanol–water partition coefficient (Wildman–Crippen LogP) is 2.25. The van der Waals surface area contributed by atoms with Crippen molar-refractivity contribution in [2.45, 2.75) is 24.3 Å². The van der Waals surface area contributed by atoms with Crippen LogP contribution < -0.4 is 5.73 Å². The number of rotatable bonds is 4. The SMILES string of the molecule is CCc1ccc(CSc2nnc(N)n2C)cc1. The zero-order chi connectivity index (χ0) is 12.3. The van der Waals surface area contributed by atoms with E-state index in [0.717, 1.165) is 17.3 Å². The Kier molecular flexibility index (Phi) is 3.68. The Hall–Kier alpha value is -1.49. The lowest BCUT2D eigenvalue weighted by Crippen LogP contribution is -1.98. The number of nitrogens with two attached hydrogens (primary N) is 1. The van der Waals surface area contributed by atoms with Gasteiger partial charge in [0.15, 0.2) is 5.16 Å². The van der Waals surface area contributed by atoms with Crippen LogP contribution in [-0.2, 0) is 19.2 Å². The molecule has 0 aliphatic rings. The Morgan fingerprint density at radius 2 is 1.82 bits per heavy atom. The maximum Gasteiger partial charge on any atom is 0.222 e. The van der Waals surface area contributed by atoms with Gasteiger partial charge in [-0.25, -0.2) is 0 Å². The fourth-order valence-electron chi connectivity index (χ4n) is 1.47. The third kappa shape index (κ3) is 2.79. The summed E-state index contributed by atoms with van der Waals surface area (Å²) in [6.45, 7) is 2.16. The summed E-state index contributed by atoms with van der Waals surface area (Å²) in [5.41, 5.74) is 8.27. The van der Waals surface area contributed by atoms with Gasteiger partial charge in [-0.05, 0) is 17.5 Å². The topological polar surface area (TPSA) is 56.7 Å². The molecule has 1 aromatic heterocycles. The minimum Gasteiger partial charge on any atom is -0.368 e. The lowest BCUT2D eigenvalue weighted by atomic mass is 10.1. The molecule has 5 heteroatoms. The molecular formula is C12H16N4S. The predicted molar refractivity (Wildman–Crippen MR) is 70.8 cm³/mol. The van der Waals surface area contributed by atoms with Gasteiger partial charge >= 0.3 is 0 Å². The first-order valence-corrected chi connectivity index (χ1v) is 6.54. The third-order valence-corrected chi connectivity index (χ3v) is 3.76. The molecule has 0 unspecified atom stereocenters. The molecule has 0 amide bonds. The molecule has 0 aliphatic carbocycles. The number of nitrogen functional groups attached to an aromatic ring is 1. The van der Waals surface area contributed by atoms with Crippen LogP contribution >= 0.6 is 11.8 Å². The van der Waals surface area contributed by atoms with E-state index in [1.807, 2.05) is 7.05 Å². The zero-order valence-electron chi connectivity index (χ0n) is 10.1. The molecule has 1 heterocycles. The number of aromatic nitrogens is 3. The third-order valence-electron chi connectivity index (χ3n) is 2.67. The number of benzene rings is 1. The molecule has 4 nitrogen and oxygen atoms in total. The van der Waals surface area contributed by atoms with Gasteiger partial charge < -0.3 is 5.73 Å². The summed E-state index contributed by atoms with van der Waals surface area (Å²) < 4.78 is 1.80. The standard InChI is InChI=1S/C12H16N4S/c1-3-9-4-6-10(7-5-9)8-17-12-15-14-11(13)16(12)2/h4-7H,3,8H2,1-2H3,(H2,13,14). The van der Waals surface area contributed by atoms with E-state index in [-0.39, 0.29) is 0 Å². The highest BCUT2D eigenvalue weighted by molar-refractivity contribution is 7.98. The van der Waals surface area contributed by atoms with Gasteiger partial charge in [-0.15, -0.1) is 10.2 Å². The molecule has 0 atom stereocenters. The monoisotopic (exact) mass is 248 g/mol. The van der Waals surface area contributed by atoms with Crippen molar-refractivity contribution in [2.24, 2.45) is 7.05 Å². The summed E-state index contributed by atoms with van der Waals surface area (Å²) in [5, 5.41) is 8.69. The van der Waals surface area contributed by atoms with E-state index in [1.54, 1.807) is 16.3 Å². The number of anilines is 1. The van der Waals surface area contributed by atoms with E-state index < -0.39 is 0 Å². The van der Waals surface area contributed by atoms with Crippen LogP contribution in [0, 0.1) is 0 Å². The summed E-state index contributed by atoms with van der Waals surface area (Å²) in [6.07, 6.45) is 1.08. The highest BCUT2D eigenvalue weighted by Crippen LogP contribution is 2.21. The van der Waals surface area contributed by atoms with Crippen LogP contribution in [0.5, 0.6) is 0 Å². The molecule has 2 N–H and O–H groups in total. The Morgan fingerprint density at radius 3 is 2.35 bits per heavy atom. The van der Waals surface area contributed by atoms with E-state index in [2.05, 4.69) is 41.4 Å². The maximum absolute atomic E-state index is 5.62. The van der Waals surface area contributed by atoms with Crippen LogP contribution in [0.4, 0.5) is 5.95 Å². The summed E-state index contributed by atoms with van der Waals surface area (Å²) in [7, 11) is 1.87. The highest BCUT2D eigenvalue weighted by atomic mass is 32.2. The van der Waals surface area contributed by atoms with E-state index in [4.69, 9.17) is 5.73 Å². The van der Waals surface area contributed by atoms with Gasteiger partial charge in [0, 0.05) is 12.8 Å². The molecule has 0 fully saturated rings. The van der Waals surface area contributed by atoms with E-state index in [1.165, 1.54) is 11.1 Å². The number of hydrogen-bond donors (Lipinski definition) is 1. The second-order valence-corrected chi connectivity index (χ2v) is 4.80. The summed E-state index contributed by atoms with van der Waals surface area (Å²) in [5.74, 6) is 1.34. The molecule has 1 aromatic carbocycles. The average Bonchev–Trinajstić information content (AvgIpc) is 2.68. The quantitative estimate of drug-likeness (QED) is 0.843. The van der Waals surface area contributed by atoms with Crippen LogP contribution in [0.1, 0.15) is 18.1 Å². The van der Waals surface area contributed by atoms with E-state index >= 15 is 0 Å². The van der Waals surface area contributed by atoms with E-state index in [9.17, 15) is 0 Å². The number of thioether (sulfide) groups is 1. The first kappa shape index (κ1) is 12.0. The van der Waals surface area contributed by atoms with Crippen molar-refractivity contribution in [3.8, 4) is 0 Å². The fraction of sp³-hybridized carbons (Fsp3) is 0.333. The van der Waals surface area contributed by atoms with E-state index in [0.29, 0.717) is 5.95 Å². The van der Waals surface area contributed by atoms with Crippen LogP contribution in [0.15, 0.2) is 29.4 Å². The van der Waals surface area contributed by atoms with Gasteiger partial charge in [0.1, 0.15) is 0 Å². The van der Waals surface area contributed by atoms with Gasteiger partial charge in [0.05, 0.1) is 0 Å². The van der Waals surface area contributed by atoms with Crippen LogP contribution in [0.25, 0.3) is 0 Å². The average molecular weight is 248 g/mol. The first-order valence-electron chi connectivity index (χ1n) is 5.56. The first-order chi connectivity index (χ1) is 8.20. The van der Waals surface area contributed by atoms with Crippen molar-refractivity contribution < 1.29 is 0 Å². The number of hydrogen-bond acceptors (Lipinski definition) is 4. The molecule has 2 rings (SSSR count). The number of nitrogens with zero attached hydrogens (tertiary/aromatic N) is 3. The van der Waals surface area contributed by atoms with Gasteiger partial charge in [-0.1, -0.05) is 43.0 Å². The molecular weight excluding hydrogens is 232 g/mol. The van der Waals surface area contributed by atoms with Crippen molar-refractivity contribution in [1.82, 2.24) is 14.8 Å². The minimum absolute atomic E-state index is 0.453. The van der Waals surface area contributed by atoms with Crippen molar-refractivity contribution in [3.05, 3.63) is 35.4 Å². The Morgan fingerprint density at radius 1 is 1.18 bits per heavy atom. The summed E-state index contributed by atoms with van der Waals surface area (Å²) in [6, 6.07) is 8.65. The molecule has 0 saturated carbocycles. The smallest absolute Gasteiger partial charge is 0.222 e. The van der Waals surface area contributed by atoms with Gasteiger partial charge in [0.25, 0.3) is 0 Å². The second kappa shape index (κ2) is 5.23. The summed E-state index contributed by atoms with van der Waals surface area (Å²) >= 11 is 1.64. The normalized spacial score (nSPS) is 10.7. The van der Waals surface area contributed by atoms with Crippen LogP contribution in [0.3, 0.4) is 0 Å². The molecule has 0 aliphatic heterocycles. The zero-order valence-corrected chi connectivity index (χ0v) is 10.9. The largest absolute Gasteiger partial charge is 0.368 e. The molecule has 17 heavy (non-hydrogen) atoms. The van der Waals surface area contributed by atoms with Crippen LogP contribution in [0.2, 0.25) is 0 Å². The van der Waals surface area contributed by atoms with Gasteiger partial charge in [-0.2, -0.15) is 0 Å². The Labute approximate surface area is 105 Å². The molecule has 2 aromatic rings. The lowest BCUT2D eigenvalue weighted by molar-refractivity contribution is 0.796. The van der Waals surface area contributed by atoms with Crippen LogP contribution in [-0.4, -0.2) is 14.8 Å². The fourth-order valence-corrected chi connectivity index (χ4v) is 2.34. The maximum atomic E-state index is 5.62. The number of aryl methyl sites for hydroxylation is 1. The van der Waals surface area contributed by atoms with Crippen molar-refractivity contribution >= 4 is 17.7 Å². The highest BCUT2D eigenvalue weighted by Gasteiger charge is 2.05. The Bertz CT molecular complexity index is 490. The second-order valence-electron chi connectivity index (χ2n) is 3.86. The molecule has 90 valence electrons. The lowest BCUT2D eigenvalue weighted by Gasteiger charge is -2.03. The molecule has 0 bridgehead atoms. The van der Waals surface area contributed by atoms with Crippen molar-refractivity contribution in [2.75, 3.05) is 5.73 Å².